The molecule has 0 aliphatic carbocycles. The zero-order valence-corrected chi connectivity index (χ0v) is 9.36. The number of fused-ring (bicyclic) bond motifs is 1. The Balaban J connectivity index is 2.19. The third-order valence-corrected chi connectivity index (χ3v) is 2.76. The molecular weight excluding hydrogens is 216 g/mol. The van der Waals surface area contributed by atoms with Crippen LogP contribution in [0, 0.1) is 6.92 Å². The number of hydrogen-bond acceptors (Lipinski definition) is 3. The summed E-state index contributed by atoms with van der Waals surface area (Å²) in [5.74, 6) is 1.08. The van der Waals surface area contributed by atoms with E-state index in [2.05, 4.69) is 32.3 Å². The van der Waals surface area contributed by atoms with Gasteiger partial charge in [0.15, 0.2) is 11.6 Å². The molecule has 3 rings (SSSR count). The molecule has 0 fully saturated rings. The summed E-state index contributed by atoms with van der Waals surface area (Å²) in [6, 6.07) is 6.18. The third-order valence-electron chi connectivity index (χ3n) is 2.76. The second kappa shape index (κ2) is 3.71. The molecule has 0 saturated heterocycles. The van der Waals surface area contributed by atoms with E-state index in [0.29, 0.717) is 11.6 Å². The summed E-state index contributed by atoms with van der Waals surface area (Å²) in [4.78, 5) is 7.40. The highest BCUT2D eigenvalue weighted by Gasteiger charge is 2.10. The molecule has 5 nitrogen and oxygen atoms in total. The first kappa shape index (κ1) is 10.0. The SMILES string of the molecule is Cc1ccc2[nH]cc(-c3n[nH]c(CO)n3)c2c1. The van der Waals surface area contributed by atoms with Crippen molar-refractivity contribution in [1.29, 1.82) is 0 Å². The number of aryl methyl sites for hydroxylation is 1. The van der Waals surface area contributed by atoms with E-state index < -0.39 is 0 Å². The number of aromatic nitrogens is 4. The van der Waals surface area contributed by atoms with E-state index in [1.54, 1.807) is 0 Å². The second-order valence-electron chi connectivity index (χ2n) is 4.02. The number of aliphatic hydroxyl groups excluding tert-OH is 1. The smallest absolute Gasteiger partial charge is 0.183 e. The van der Waals surface area contributed by atoms with Crippen LogP contribution in [0.25, 0.3) is 22.3 Å². The van der Waals surface area contributed by atoms with Crippen molar-refractivity contribution in [3.8, 4) is 11.4 Å². The molecule has 0 unspecified atom stereocenters. The van der Waals surface area contributed by atoms with Crippen molar-refractivity contribution in [2.45, 2.75) is 13.5 Å². The molecule has 0 radical (unpaired) electrons. The molecule has 2 aromatic heterocycles. The van der Waals surface area contributed by atoms with Gasteiger partial charge in [0, 0.05) is 22.7 Å². The summed E-state index contributed by atoms with van der Waals surface area (Å²) in [5, 5.41) is 16.8. The molecule has 0 atom stereocenters. The first-order valence-electron chi connectivity index (χ1n) is 5.38. The van der Waals surface area contributed by atoms with E-state index >= 15 is 0 Å². The lowest BCUT2D eigenvalue weighted by atomic mass is 10.1. The molecule has 1 aromatic carbocycles. The molecule has 0 saturated carbocycles. The molecular formula is C12H12N4O. The number of rotatable bonds is 2. The van der Waals surface area contributed by atoms with Gasteiger partial charge in [-0.05, 0) is 19.1 Å². The second-order valence-corrected chi connectivity index (χ2v) is 4.02. The quantitative estimate of drug-likeness (QED) is 0.625. The number of aromatic amines is 2. The maximum Gasteiger partial charge on any atom is 0.183 e. The van der Waals surface area contributed by atoms with Crippen molar-refractivity contribution >= 4 is 10.9 Å². The highest BCUT2D eigenvalue weighted by atomic mass is 16.3. The Bertz CT molecular complexity index is 668. The zero-order valence-electron chi connectivity index (χ0n) is 9.36. The predicted molar refractivity (Wildman–Crippen MR) is 64.3 cm³/mol. The lowest BCUT2D eigenvalue weighted by Crippen LogP contribution is -1.84. The molecule has 3 aromatic rings. The van der Waals surface area contributed by atoms with Crippen LogP contribution in [0.5, 0.6) is 0 Å². The fraction of sp³-hybridized carbons (Fsp3) is 0.167. The van der Waals surface area contributed by atoms with E-state index in [9.17, 15) is 0 Å². The topological polar surface area (TPSA) is 77.6 Å². The maximum atomic E-state index is 8.96. The van der Waals surface area contributed by atoms with Crippen molar-refractivity contribution in [2.24, 2.45) is 0 Å². The summed E-state index contributed by atoms with van der Waals surface area (Å²) in [6.45, 7) is 1.92. The Morgan fingerprint density at radius 2 is 2.24 bits per heavy atom. The van der Waals surface area contributed by atoms with E-state index in [-0.39, 0.29) is 6.61 Å². The predicted octanol–water partition coefficient (Wildman–Crippen LogP) is 1.75. The molecule has 2 heterocycles. The van der Waals surface area contributed by atoms with Crippen molar-refractivity contribution in [2.75, 3.05) is 0 Å². The van der Waals surface area contributed by atoms with Crippen LogP contribution in [-0.4, -0.2) is 25.3 Å². The number of nitrogens with one attached hydrogen (secondary N) is 2. The first-order valence-corrected chi connectivity index (χ1v) is 5.38. The van der Waals surface area contributed by atoms with Crippen molar-refractivity contribution in [3.63, 3.8) is 0 Å². The number of benzene rings is 1. The van der Waals surface area contributed by atoms with Crippen LogP contribution in [0.2, 0.25) is 0 Å². The van der Waals surface area contributed by atoms with Crippen LogP contribution in [0.1, 0.15) is 11.4 Å². The minimum atomic E-state index is -0.131. The lowest BCUT2D eigenvalue weighted by molar-refractivity contribution is 0.272. The third kappa shape index (κ3) is 1.60. The highest BCUT2D eigenvalue weighted by Crippen LogP contribution is 2.26. The monoisotopic (exact) mass is 228 g/mol. The van der Waals surface area contributed by atoms with Crippen LogP contribution < -0.4 is 0 Å². The standard InChI is InChI=1S/C12H12N4O/c1-7-2-3-10-8(4-7)9(5-13-10)12-14-11(6-17)15-16-12/h2-5,13,17H,6H2,1H3,(H,14,15,16). The maximum absolute atomic E-state index is 8.96. The highest BCUT2D eigenvalue weighted by molar-refractivity contribution is 5.94. The largest absolute Gasteiger partial charge is 0.388 e. The van der Waals surface area contributed by atoms with Gasteiger partial charge in [-0.3, -0.25) is 5.10 Å². The van der Waals surface area contributed by atoms with E-state index in [0.717, 1.165) is 16.5 Å². The van der Waals surface area contributed by atoms with Crippen LogP contribution >= 0.6 is 0 Å². The van der Waals surface area contributed by atoms with Crippen molar-refractivity contribution < 1.29 is 5.11 Å². The molecule has 0 bridgehead atoms. The van der Waals surface area contributed by atoms with Gasteiger partial charge < -0.3 is 10.1 Å². The summed E-state index contributed by atoms with van der Waals surface area (Å²) in [7, 11) is 0. The van der Waals surface area contributed by atoms with Gasteiger partial charge in [-0.15, -0.1) is 0 Å². The number of H-pyrrole nitrogens is 2. The van der Waals surface area contributed by atoms with Crippen molar-refractivity contribution in [3.05, 3.63) is 35.8 Å². The summed E-state index contributed by atoms with van der Waals surface area (Å²) in [6.07, 6.45) is 1.88. The minimum Gasteiger partial charge on any atom is -0.388 e. The molecule has 0 amide bonds. The van der Waals surface area contributed by atoms with Gasteiger partial charge in [-0.2, -0.15) is 5.10 Å². The molecule has 0 aliphatic heterocycles. The van der Waals surface area contributed by atoms with Gasteiger partial charge in [0.05, 0.1) is 0 Å². The van der Waals surface area contributed by atoms with Gasteiger partial charge in [-0.25, -0.2) is 4.98 Å². The minimum absolute atomic E-state index is 0.131. The molecule has 0 spiro atoms. The van der Waals surface area contributed by atoms with Crippen molar-refractivity contribution in [1.82, 2.24) is 20.2 Å². The molecule has 3 N–H and O–H groups in total. The average molecular weight is 228 g/mol. The molecule has 0 aliphatic rings. The number of nitrogens with zero attached hydrogens (tertiary/aromatic N) is 2. The average Bonchev–Trinajstić information content (AvgIpc) is 2.93. The van der Waals surface area contributed by atoms with Crippen LogP contribution in [0.15, 0.2) is 24.4 Å². The lowest BCUT2D eigenvalue weighted by Gasteiger charge is -1.95. The van der Waals surface area contributed by atoms with Gasteiger partial charge in [0.2, 0.25) is 0 Å². The number of aliphatic hydroxyl groups is 1. The molecule has 86 valence electrons. The molecule has 5 heteroatoms. The Kier molecular flexibility index (Phi) is 2.19. The van der Waals surface area contributed by atoms with Gasteiger partial charge in [0.1, 0.15) is 6.61 Å². The number of hydrogen-bond donors (Lipinski definition) is 3. The van der Waals surface area contributed by atoms with Crippen LogP contribution in [0.4, 0.5) is 0 Å². The van der Waals surface area contributed by atoms with Crippen LogP contribution in [0.3, 0.4) is 0 Å². The van der Waals surface area contributed by atoms with E-state index in [1.807, 2.05) is 19.2 Å². The summed E-state index contributed by atoms with van der Waals surface area (Å²) in [5.41, 5.74) is 3.19. The summed E-state index contributed by atoms with van der Waals surface area (Å²) >= 11 is 0. The van der Waals surface area contributed by atoms with Gasteiger partial charge in [0.25, 0.3) is 0 Å². The normalized spacial score (nSPS) is 11.2. The van der Waals surface area contributed by atoms with Crippen LogP contribution in [-0.2, 0) is 6.61 Å². The van der Waals surface area contributed by atoms with Gasteiger partial charge in [-0.1, -0.05) is 11.6 Å². The van der Waals surface area contributed by atoms with Gasteiger partial charge >= 0.3 is 0 Å². The fourth-order valence-corrected chi connectivity index (χ4v) is 1.91. The Labute approximate surface area is 97.5 Å². The fourth-order valence-electron chi connectivity index (χ4n) is 1.91. The zero-order chi connectivity index (χ0) is 11.8. The Morgan fingerprint density at radius 3 is 3.00 bits per heavy atom. The van der Waals surface area contributed by atoms with E-state index in [1.165, 1.54) is 5.56 Å². The Hall–Kier alpha value is -2.14. The molecule has 17 heavy (non-hydrogen) atoms. The first-order chi connectivity index (χ1) is 8.28. The summed E-state index contributed by atoms with van der Waals surface area (Å²) < 4.78 is 0. The van der Waals surface area contributed by atoms with E-state index in [4.69, 9.17) is 5.11 Å². The Morgan fingerprint density at radius 1 is 1.35 bits per heavy atom.